The Morgan fingerprint density at radius 1 is 1.26 bits per heavy atom. The molecule has 1 atom stereocenters. The number of esters is 1. The zero-order chi connectivity index (χ0) is 17.2. The SMILES string of the molecule is N[C@@H](c1cc(Cl)c(Cl)cc1OC(=O)C(F)(F)F)C1CCNCC1. The topological polar surface area (TPSA) is 64.3 Å². The molecule has 0 aromatic heterocycles. The summed E-state index contributed by atoms with van der Waals surface area (Å²) in [6.07, 6.45) is -3.59. The first kappa shape index (κ1) is 18.3. The van der Waals surface area contributed by atoms with Gasteiger partial charge < -0.3 is 15.8 Å². The highest BCUT2D eigenvalue weighted by Crippen LogP contribution is 2.38. The van der Waals surface area contributed by atoms with E-state index in [1.54, 1.807) is 0 Å². The van der Waals surface area contributed by atoms with Crippen molar-refractivity contribution in [1.29, 1.82) is 0 Å². The number of benzene rings is 1. The molecule has 1 aliphatic rings. The van der Waals surface area contributed by atoms with Crippen molar-refractivity contribution in [2.45, 2.75) is 25.1 Å². The number of carbonyl (C=O) groups is 1. The number of hydrogen-bond donors (Lipinski definition) is 2. The molecule has 0 unspecified atom stereocenters. The number of alkyl halides is 3. The van der Waals surface area contributed by atoms with Gasteiger partial charge in [0, 0.05) is 17.7 Å². The quantitative estimate of drug-likeness (QED) is 0.631. The number of hydrogen-bond acceptors (Lipinski definition) is 4. The van der Waals surface area contributed by atoms with Crippen LogP contribution in [-0.2, 0) is 4.79 Å². The van der Waals surface area contributed by atoms with Gasteiger partial charge in [-0.1, -0.05) is 23.2 Å². The van der Waals surface area contributed by atoms with Gasteiger partial charge in [-0.2, -0.15) is 13.2 Å². The molecule has 0 bridgehead atoms. The molecular formula is C14H15Cl2F3N2O2. The maximum atomic E-state index is 12.4. The lowest BCUT2D eigenvalue weighted by molar-refractivity contribution is -0.189. The molecule has 1 aromatic carbocycles. The maximum absolute atomic E-state index is 12.4. The highest BCUT2D eigenvalue weighted by atomic mass is 35.5. The Morgan fingerprint density at radius 3 is 2.39 bits per heavy atom. The van der Waals surface area contributed by atoms with Crippen LogP contribution in [0.2, 0.25) is 10.0 Å². The van der Waals surface area contributed by atoms with Crippen LogP contribution in [0.3, 0.4) is 0 Å². The first-order chi connectivity index (χ1) is 10.7. The lowest BCUT2D eigenvalue weighted by Crippen LogP contribution is -2.34. The monoisotopic (exact) mass is 370 g/mol. The van der Waals surface area contributed by atoms with E-state index in [0.717, 1.165) is 32.0 Å². The summed E-state index contributed by atoms with van der Waals surface area (Å²) >= 11 is 11.8. The molecule has 0 saturated carbocycles. The second kappa shape index (κ2) is 7.25. The molecule has 128 valence electrons. The van der Waals surface area contributed by atoms with Crippen molar-refractivity contribution in [1.82, 2.24) is 5.32 Å². The van der Waals surface area contributed by atoms with Gasteiger partial charge >= 0.3 is 12.1 Å². The number of piperidine rings is 1. The minimum atomic E-state index is -5.11. The Balaban J connectivity index is 2.33. The van der Waals surface area contributed by atoms with E-state index in [1.165, 1.54) is 6.07 Å². The average molecular weight is 371 g/mol. The third-order valence-corrected chi connectivity index (χ3v) is 4.46. The third-order valence-electron chi connectivity index (χ3n) is 3.74. The van der Waals surface area contributed by atoms with E-state index in [9.17, 15) is 18.0 Å². The molecular weight excluding hydrogens is 356 g/mol. The van der Waals surface area contributed by atoms with Gasteiger partial charge in [-0.15, -0.1) is 0 Å². The van der Waals surface area contributed by atoms with Crippen LogP contribution in [0.15, 0.2) is 12.1 Å². The predicted octanol–water partition coefficient (Wildman–Crippen LogP) is 3.46. The number of nitrogens with two attached hydrogens (primary N) is 1. The number of carbonyl (C=O) groups excluding carboxylic acids is 1. The van der Waals surface area contributed by atoms with Crippen molar-refractivity contribution in [3.8, 4) is 5.75 Å². The van der Waals surface area contributed by atoms with E-state index in [-0.39, 0.29) is 27.3 Å². The zero-order valence-corrected chi connectivity index (χ0v) is 13.4. The minimum absolute atomic E-state index is 0.0158. The number of nitrogens with one attached hydrogen (secondary N) is 1. The van der Waals surface area contributed by atoms with Crippen LogP contribution in [-0.4, -0.2) is 25.2 Å². The van der Waals surface area contributed by atoms with Crippen LogP contribution in [0.1, 0.15) is 24.4 Å². The lowest BCUT2D eigenvalue weighted by atomic mass is 9.86. The van der Waals surface area contributed by atoms with Gasteiger partial charge in [0.1, 0.15) is 5.75 Å². The molecule has 1 heterocycles. The molecule has 0 spiro atoms. The second-order valence-electron chi connectivity index (χ2n) is 5.30. The fraction of sp³-hybridized carbons (Fsp3) is 0.500. The van der Waals surface area contributed by atoms with Crippen LogP contribution < -0.4 is 15.8 Å². The van der Waals surface area contributed by atoms with Gasteiger partial charge in [0.2, 0.25) is 0 Å². The van der Waals surface area contributed by atoms with Gasteiger partial charge in [0.25, 0.3) is 0 Å². The zero-order valence-electron chi connectivity index (χ0n) is 11.9. The molecule has 0 amide bonds. The lowest BCUT2D eigenvalue weighted by Gasteiger charge is -2.29. The maximum Gasteiger partial charge on any atom is 0.491 e. The molecule has 0 radical (unpaired) electrons. The Hall–Kier alpha value is -1.02. The van der Waals surface area contributed by atoms with Gasteiger partial charge in [-0.25, -0.2) is 4.79 Å². The van der Waals surface area contributed by atoms with Crippen molar-refractivity contribution < 1.29 is 22.7 Å². The van der Waals surface area contributed by atoms with Crippen molar-refractivity contribution in [3.63, 3.8) is 0 Å². The van der Waals surface area contributed by atoms with Crippen molar-refractivity contribution >= 4 is 29.2 Å². The summed E-state index contributed by atoms with van der Waals surface area (Å²) in [7, 11) is 0. The molecule has 1 aromatic rings. The Bertz CT molecular complexity index is 590. The molecule has 23 heavy (non-hydrogen) atoms. The van der Waals surface area contributed by atoms with Gasteiger partial charge in [-0.3, -0.25) is 0 Å². The number of halogens is 5. The summed E-state index contributed by atoms with van der Waals surface area (Å²) in [4.78, 5) is 11.1. The predicted molar refractivity (Wildman–Crippen MR) is 80.7 cm³/mol. The third kappa shape index (κ3) is 4.50. The van der Waals surface area contributed by atoms with E-state index < -0.39 is 18.2 Å². The van der Waals surface area contributed by atoms with E-state index in [0.29, 0.717) is 0 Å². The summed E-state index contributed by atoms with van der Waals surface area (Å²) in [5.41, 5.74) is 6.41. The average Bonchev–Trinajstić information content (AvgIpc) is 2.50. The van der Waals surface area contributed by atoms with Gasteiger partial charge in [-0.05, 0) is 37.9 Å². The highest BCUT2D eigenvalue weighted by Gasteiger charge is 2.42. The highest BCUT2D eigenvalue weighted by molar-refractivity contribution is 6.42. The van der Waals surface area contributed by atoms with Crippen molar-refractivity contribution in [3.05, 3.63) is 27.7 Å². The normalized spacial score (nSPS) is 17.8. The summed E-state index contributed by atoms with van der Waals surface area (Å²) < 4.78 is 41.7. The van der Waals surface area contributed by atoms with Crippen LogP contribution >= 0.6 is 23.2 Å². The number of ether oxygens (including phenoxy) is 1. The molecule has 1 fully saturated rings. The van der Waals surface area contributed by atoms with Crippen LogP contribution in [0.5, 0.6) is 5.75 Å². The van der Waals surface area contributed by atoms with E-state index in [1.807, 2.05) is 0 Å². The smallest absolute Gasteiger partial charge is 0.419 e. The van der Waals surface area contributed by atoms with Crippen LogP contribution in [0.4, 0.5) is 13.2 Å². The van der Waals surface area contributed by atoms with Gasteiger partial charge in [0.15, 0.2) is 0 Å². The Morgan fingerprint density at radius 2 is 1.83 bits per heavy atom. The molecule has 4 nitrogen and oxygen atoms in total. The summed E-state index contributed by atoms with van der Waals surface area (Å²) in [5, 5.41) is 3.29. The number of rotatable bonds is 3. The molecule has 3 N–H and O–H groups in total. The first-order valence-corrected chi connectivity index (χ1v) is 7.70. The van der Waals surface area contributed by atoms with E-state index in [4.69, 9.17) is 28.9 Å². The second-order valence-corrected chi connectivity index (χ2v) is 6.12. The fourth-order valence-electron chi connectivity index (χ4n) is 2.51. The molecule has 1 aliphatic heterocycles. The van der Waals surface area contributed by atoms with Gasteiger partial charge in [0.05, 0.1) is 10.0 Å². The van der Waals surface area contributed by atoms with Crippen LogP contribution in [0.25, 0.3) is 0 Å². The first-order valence-electron chi connectivity index (χ1n) is 6.94. The fourth-order valence-corrected chi connectivity index (χ4v) is 2.83. The van der Waals surface area contributed by atoms with Crippen molar-refractivity contribution in [2.75, 3.05) is 13.1 Å². The Labute approximate surface area is 141 Å². The summed E-state index contributed by atoms with van der Waals surface area (Å²) in [6, 6.07) is 1.84. The van der Waals surface area contributed by atoms with E-state index >= 15 is 0 Å². The summed E-state index contributed by atoms with van der Waals surface area (Å²) in [5.74, 6) is -2.60. The van der Waals surface area contributed by atoms with E-state index in [2.05, 4.69) is 10.1 Å². The minimum Gasteiger partial charge on any atom is -0.419 e. The largest absolute Gasteiger partial charge is 0.491 e. The van der Waals surface area contributed by atoms with Crippen LogP contribution in [0, 0.1) is 5.92 Å². The summed E-state index contributed by atoms with van der Waals surface area (Å²) in [6.45, 7) is 1.52. The Kier molecular flexibility index (Phi) is 5.78. The molecule has 9 heteroatoms. The molecule has 2 rings (SSSR count). The van der Waals surface area contributed by atoms with Crippen molar-refractivity contribution in [2.24, 2.45) is 11.7 Å². The standard InChI is InChI=1S/C14H15Cl2F3N2O2/c15-9-5-8(12(20)7-1-3-21-4-2-7)11(6-10(9)16)23-13(22)14(17,18)19/h5-7,12,21H,1-4,20H2/t12-/m1/s1. The molecule has 0 aliphatic carbocycles. The molecule has 1 saturated heterocycles.